The zero-order valence-electron chi connectivity index (χ0n) is 13.2. The molecule has 4 nitrogen and oxygen atoms in total. The van der Waals surface area contributed by atoms with Crippen LogP contribution >= 0.6 is 0 Å². The smallest absolute Gasteiger partial charge is 0.224 e. The van der Waals surface area contributed by atoms with Crippen LogP contribution in [0.3, 0.4) is 0 Å². The minimum atomic E-state index is -0.729. The van der Waals surface area contributed by atoms with Crippen LogP contribution < -0.4 is 5.32 Å². The molecule has 126 valence electrons. The Kier molecular flexibility index (Phi) is 5.09. The Morgan fingerprint density at radius 3 is 2.64 bits per heavy atom. The van der Waals surface area contributed by atoms with Crippen molar-refractivity contribution in [2.24, 2.45) is 0 Å². The minimum absolute atomic E-state index is 0.151. The SMILES string of the molecule is O=C(Cc1ccc(F)cc1F)NCc1cccnc1-c1cccnc1. The van der Waals surface area contributed by atoms with Crippen LogP contribution in [0, 0.1) is 11.6 Å². The lowest BCUT2D eigenvalue weighted by Gasteiger charge is -2.10. The van der Waals surface area contributed by atoms with E-state index in [1.807, 2.05) is 18.2 Å². The van der Waals surface area contributed by atoms with Crippen molar-refractivity contribution in [1.82, 2.24) is 15.3 Å². The number of rotatable bonds is 5. The van der Waals surface area contributed by atoms with E-state index in [1.54, 1.807) is 24.7 Å². The van der Waals surface area contributed by atoms with E-state index in [1.165, 1.54) is 6.07 Å². The van der Waals surface area contributed by atoms with E-state index in [2.05, 4.69) is 15.3 Å². The van der Waals surface area contributed by atoms with Crippen molar-refractivity contribution in [3.05, 3.63) is 83.8 Å². The van der Waals surface area contributed by atoms with E-state index < -0.39 is 11.6 Å². The fourth-order valence-corrected chi connectivity index (χ4v) is 2.44. The zero-order chi connectivity index (χ0) is 17.6. The summed E-state index contributed by atoms with van der Waals surface area (Å²) in [6.45, 7) is 0.250. The molecule has 25 heavy (non-hydrogen) atoms. The Morgan fingerprint density at radius 2 is 1.88 bits per heavy atom. The average molecular weight is 339 g/mol. The number of aromatic nitrogens is 2. The maximum Gasteiger partial charge on any atom is 0.224 e. The predicted molar refractivity (Wildman–Crippen MR) is 89.4 cm³/mol. The summed E-state index contributed by atoms with van der Waals surface area (Å²) in [5.41, 5.74) is 2.54. The van der Waals surface area contributed by atoms with Gasteiger partial charge in [-0.25, -0.2) is 8.78 Å². The molecule has 6 heteroatoms. The average Bonchev–Trinajstić information content (AvgIpc) is 2.63. The molecule has 0 bridgehead atoms. The van der Waals surface area contributed by atoms with Crippen molar-refractivity contribution in [2.75, 3.05) is 0 Å². The second-order valence-electron chi connectivity index (χ2n) is 5.44. The van der Waals surface area contributed by atoms with E-state index in [4.69, 9.17) is 0 Å². The Bertz CT molecular complexity index is 885. The highest BCUT2D eigenvalue weighted by molar-refractivity contribution is 5.78. The van der Waals surface area contributed by atoms with Crippen molar-refractivity contribution < 1.29 is 13.6 Å². The van der Waals surface area contributed by atoms with Crippen LogP contribution in [0.1, 0.15) is 11.1 Å². The first kappa shape index (κ1) is 16.7. The number of nitrogens with one attached hydrogen (secondary N) is 1. The van der Waals surface area contributed by atoms with Gasteiger partial charge < -0.3 is 5.32 Å². The van der Waals surface area contributed by atoms with Gasteiger partial charge in [-0.15, -0.1) is 0 Å². The van der Waals surface area contributed by atoms with E-state index in [0.29, 0.717) is 0 Å². The summed E-state index contributed by atoms with van der Waals surface area (Å²) < 4.78 is 26.5. The second-order valence-corrected chi connectivity index (χ2v) is 5.44. The summed E-state index contributed by atoms with van der Waals surface area (Å²) in [7, 11) is 0. The summed E-state index contributed by atoms with van der Waals surface area (Å²) >= 11 is 0. The van der Waals surface area contributed by atoms with Gasteiger partial charge in [0, 0.05) is 36.8 Å². The van der Waals surface area contributed by atoms with Gasteiger partial charge in [0.15, 0.2) is 0 Å². The molecule has 2 aromatic heterocycles. The standard InChI is InChI=1S/C19H15F2N3O/c20-16-6-5-13(17(21)10-16)9-18(25)24-12-15-4-2-8-23-19(15)14-3-1-7-22-11-14/h1-8,10-11H,9,12H2,(H,24,25). The molecule has 1 aromatic carbocycles. The number of hydrogen-bond donors (Lipinski definition) is 1. The molecule has 3 aromatic rings. The number of amides is 1. The molecule has 2 heterocycles. The van der Waals surface area contributed by atoms with Crippen molar-refractivity contribution in [2.45, 2.75) is 13.0 Å². The molecule has 1 N–H and O–H groups in total. The fraction of sp³-hybridized carbons (Fsp3) is 0.105. The van der Waals surface area contributed by atoms with Gasteiger partial charge in [-0.2, -0.15) is 0 Å². The van der Waals surface area contributed by atoms with Gasteiger partial charge >= 0.3 is 0 Å². The van der Waals surface area contributed by atoms with Crippen LogP contribution in [0.25, 0.3) is 11.3 Å². The Balaban J connectivity index is 1.69. The van der Waals surface area contributed by atoms with Gasteiger partial charge in [-0.1, -0.05) is 12.1 Å². The maximum absolute atomic E-state index is 13.6. The van der Waals surface area contributed by atoms with Crippen LogP contribution in [-0.4, -0.2) is 15.9 Å². The first-order valence-corrected chi connectivity index (χ1v) is 7.68. The molecule has 0 spiro atoms. The number of nitrogens with zero attached hydrogens (tertiary/aromatic N) is 2. The number of hydrogen-bond acceptors (Lipinski definition) is 3. The van der Waals surface area contributed by atoms with Crippen LogP contribution in [0.5, 0.6) is 0 Å². The molecule has 0 fully saturated rings. The number of pyridine rings is 2. The third kappa shape index (κ3) is 4.23. The van der Waals surface area contributed by atoms with Gasteiger partial charge in [0.25, 0.3) is 0 Å². The molecular weight excluding hydrogens is 324 g/mol. The van der Waals surface area contributed by atoms with Crippen molar-refractivity contribution in [1.29, 1.82) is 0 Å². The molecule has 0 aliphatic rings. The lowest BCUT2D eigenvalue weighted by atomic mass is 10.1. The molecule has 0 radical (unpaired) electrons. The Morgan fingerprint density at radius 1 is 1.04 bits per heavy atom. The molecule has 3 rings (SSSR count). The zero-order valence-corrected chi connectivity index (χ0v) is 13.2. The molecule has 1 amide bonds. The highest BCUT2D eigenvalue weighted by Crippen LogP contribution is 2.19. The molecule has 0 atom stereocenters. The third-order valence-corrected chi connectivity index (χ3v) is 3.67. The van der Waals surface area contributed by atoms with Crippen LogP contribution in [0.4, 0.5) is 8.78 Å². The van der Waals surface area contributed by atoms with Crippen molar-refractivity contribution in [3.8, 4) is 11.3 Å². The summed E-state index contributed by atoms with van der Waals surface area (Å²) in [5.74, 6) is -1.75. The molecule has 0 aliphatic heterocycles. The Labute approximate surface area is 143 Å². The summed E-state index contributed by atoms with van der Waals surface area (Å²) in [4.78, 5) is 20.5. The van der Waals surface area contributed by atoms with E-state index >= 15 is 0 Å². The van der Waals surface area contributed by atoms with Gasteiger partial charge in [0.2, 0.25) is 5.91 Å². The highest BCUT2D eigenvalue weighted by atomic mass is 19.1. The van der Waals surface area contributed by atoms with Crippen molar-refractivity contribution >= 4 is 5.91 Å². The monoisotopic (exact) mass is 339 g/mol. The first-order chi connectivity index (χ1) is 12.1. The maximum atomic E-state index is 13.6. The summed E-state index contributed by atoms with van der Waals surface area (Å²) in [6.07, 6.45) is 4.88. The van der Waals surface area contributed by atoms with Crippen molar-refractivity contribution in [3.63, 3.8) is 0 Å². The molecule has 0 aliphatic carbocycles. The second kappa shape index (κ2) is 7.61. The summed E-state index contributed by atoms with van der Waals surface area (Å²) in [5, 5.41) is 2.74. The van der Waals surface area contributed by atoms with Gasteiger partial charge in [-0.05, 0) is 35.4 Å². The van der Waals surface area contributed by atoms with Gasteiger partial charge in [0.1, 0.15) is 11.6 Å². The quantitative estimate of drug-likeness (QED) is 0.776. The largest absolute Gasteiger partial charge is 0.352 e. The van der Waals surface area contributed by atoms with Crippen LogP contribution in [0.15, 0.2) is 61.1 Å². The van der Waals surface area contributed by atoms with Crippen LogP contribution in [-0.2, 0) is 17.8 Å². The topological polar surface area (TPSA) is 54.9 Å². The number of benzene rings is 1. The van der Waals surface area contributed by atoms with E-state index in [-0.39, 0.29) is 24.4 Å². The molecular formula is C19H15F2N3O. The van der Waals surface area contributed by atoms with Gasteiger partial charge in [-0.3, -0.25) is 14.8 Å². The first-order valence-electron chi connectivity index (χ1n) is 7.68. The lowest BCUT2D eigenvalue weighted by molar-refractivity contribution is -0.120. The van der Waals surface area contributed by atoms with Gasteiger partial charge in [0.05, 0.1) is 12.1 Å². The number of halogens is 2. The normalized spacial score (nSPS) is 10.5. The minimum Gasteiger partial charge on any atom is -0.352 e. The number of carbonyl (C=O) groups is 1. The molecule has 0 saturated carbocycles. The molecule has 0 unspecified atom stereocenters. The van der Waals surface area contributed by atoms with Crippen LogP contribution in [0.2, 0.25) is 0 Å². The predicted octanol–water partition coefficient (Wildman–Crippen LogP) is 3.28. The van der Waals surface area contributed by atoms with E-state index in [0.717, 1.165) is 29.0 Å². The highest BCUT2D eigenvalue weighted by Gasteiger charge is 2.11. The molecule has 0 saturated heterocycles. The summed E-state index contributed by atoms with van der Waals surface area (Å²) in [6, 6.07) is 10.5. The lowest BCUT2D eigenvalue weighted by Crippen LogP contribution is -2.25. The Hall–Kier alpha value is -3.15. The fourth-order valence-electron chi connectivity index (χ4n) is 2.44. The third-order valence-electron chi connectivity index (χ3n) is 3.67. The van der Waals surface area contributed by atoms with E-state index in [9.17, 15) is 13.6 Å². The number of carbonyl (C=O) groups excluding carboxylic acids is 1.